The van der Waals surface area contributed by atoms with E-state index in [0.29, 0.717) is 0 Å². The maximum absolute atomic E-state index is 2.37. The highest BCUT2D eigenvalue weighted by Crippen LogP contribution is 2.09. The van der Waals surface area contributed by atoms with Crippen LogP contribution in [0.15, 0.2) is 0 Å². The molecule has 0 saturated heterocycles. The van der Waals surface area contributed by atoms with Crippen LogP contribution >= 0.6 is 0 Å². The van der Waals surface area contributed by atoms with E-state index in [4.69, 9.17) is 0 Å². The maximum Gasteiger partial charge on any atom is 0.0784 e. The molecule has 0 aromatic rings. The third-order valence-electron chi connectivity index (χ3n) is 6.66. The molecule has 0 aromatic carbocycles. The molecule has 160 valence electrons. The van der Waals surface area contributed by atoms with Gasteiger partial charge in [0.25, 0.3) is 0 Å². The average Bonchev–Trinajstić information content (AvgIpc) is 2.67. The molecule has 0 amide bonds. The molecule has 0 bridgehead atoms. The van der Waals surface area contributed by atoms with Gasteiger partial charge in [-0.3, -0.25) is 0 Å². The SMILES string of the molecule is CCCCCCC[N+](C)(CC)CC.CCCCCCC[N+](C)(CC)CC. The summed E-state index contributed by atoms with van der Waals surface area (Å²) in [6.45, 7) is 21.6. The van der Waals surface area contributed by atoms with E-state index >= 15 is 0 Å². The molecular formula is C24H56N2+2. The van der Waals surface area contributed by atoms with Crippen LogP contribution in [0.1, 0.15) is 106 Å². The second-order valence-electron chi connectivity index (χ2n) is 8.78. The summed E-state index contributed by atoms with van der Waals surface area (Å²) in [7, 11) is 4.75. The lowest BCUT2D eigenvalue weighted by Gasteiger charge is -2.32. The van der Waals surface area contributed by atoms with Crippen molar-refractivity contribution >= 4 is 0 Å². The van der Waals surface area contributed by atoms with Crippen LogP contribution in [0.4, 0.5) is 0 Å². The van der Waals surface area contributed by atoms with Crippen LogP contribution in [0, 0.1) is 0 Å². The summed E-state index contributed by atoms with van der Waals surface area (Å²) >= 11 is 0. The molecule has 0 heterocycles. The molecular weight excluding hydrogens is 316 g/mol. The van der Waals surface area contributed by atoms with E-state index in [9.17, 15) is 0 Å². The van der Waals surface area contributed by atoms with Gasteiger partial charge in [0.1, 0.15) is 0 Å². The molecule has 2 heteroatoms. The first-order chi connectivity index (χ1) is 12.4. The second kappa shape index (κ2) is 18.3. The van der Waals surface area contributed by atoms with Gasteiger partial charge in [0.05, 0.1) is 53.4 Å². The lowest BCUT2D eigenvalue weighted by molar-refractivity contribution is -0.906. The van der Waals surface area contributed by atoms with Crippen molar-refractivity contribution in [3.05, 3.63) is 0 Å². The van der Waals surface area contributed by atoms with Gasteiger partial charge in [0.2, 0.25) is 0 Å². The fraction of sp³-hybridized carbons (Fsp3) is 1.00. The van der Waals surface area contributed by atoms with Crippen molar-refractivity contribution in [3.8, 4) is 0 Å². The molecule has 0 rings (SSSR count). The first-order valence-corrected chi connectivity index (χ1v) is 12.0. The van der Waals surface area contributed by atoms with Gasteiger partial charge >= 0.3 is 0 Å². The standard InChI is InChI=1S/2C12H28N/c2*1-5-8-9-10-11-12-13(4,6-2)7-3/h2*5-12H2,1-4H3/q2*+1. The van der Waals surface area contributed by atoms with Gasteiger partial charge in [-0.1, -0.05) is 52.4 Å². The Morgan fingerprint density at radius 2 is 0.654 bits per heavy atom. The molecule has 0 unspecified atom stereocenters. The second-order valence-corrected chi connectivity index (χ2v) is 8.78. The largest absolute Gasteiger partial charge is 0.327 e. The quantitative estimate of drug-likeness (QED) is 0.204. The van der Waals surface area contributed by atoms with Crippen LogP contribution in [0.5, 0.6) is 0 Å². The van der Waals surface area contributed by atoms with Gasteiger partial charge in [0.15, 0.2) is 0 Å². The molecule has 0 aliphatic carbocycles. The minimum absolute atomic E-state index is 1.26. The highest BCUT2D eigenvalue weighted by atomic mass is 15.3. The molecule has 0 spiro atoms. The summed E-state index contributed by atoms with van der Waals surface area (Å²) in [5.41, 5.74) is 0. The molecule has 0 radical (unpaired) electrons. The Morgan fingerprint density at radius 1 is 0.385 bits per heavy atom. The van der Waals surface area contributed by atoms with E-state index < -0.39 is 0 Å². The highest BCUT2D eigenvalue weighted by Gasteiger charge is 2.15. The Bertz CT molecular complexity index is 239. The van der Waals surface area contributed by atoms with E-state index in [0.717, 1.165) is 0 Å². The molecule has 0 aromatic heterocycles. The first-order valence-electron chi connectivity index (χ1n) is 12.0. The van der Waals surface area contributed by atoms with Crippen LogP contribution in [0.25, 0.3) is 0 Å². The summed E-state index contributed by atoms with van der Waals surface area (Å²) in [5, 5.41) is 0. The molecule has 2 nitrogen and oxygen atoms in total. The minimum atomic E-state index is 1.26. The van der Waals surface area contributed by atoms with E-state index in [-0.39, 0.29) is 0 Å². The minimum Gasteiger partial charge on any atom is -0.327 e. The van der Waals surface area contributed by atoms with Crippen molar-refractivity contribution in [1.29, 1.82) is 0 Å². The highest BCUT2D eigenvalue weighted by molar-refractivity contribution is 4.44. The summed E-state index contributed by atoms with van der Waals surface area (Å²) in [6, 6.07) is 0. The molecule has 26 heavy (non-hydrogen) atoms. The fourth-order valence-electron chi connectivity index (χ4n) is 3.27. The van der Waals surface area contributed by atoms with Crippen LogP contribution in [0.3, 0.4) is 0 Å². The Kier molecular flexibility index (Phi) is 19.8. The topological polar surface area (TPSA) is 0 Å². The molecule has 0 fully saturated rings. The van der Waals surface area contributed by atoms with Crippen LogP contribution in [0.2, 0.25) is 0 Å². The van der Waals surface area contributed by atoms with Gasteiger partial charge < -0.3 is 8.97 Å². The first kappa shape index (κ1) is 28.1. The number of nitrogens with zero attached hydrogens (tertiary/aromatic N) is 2. The van der Waals surface area contributed by atoms with Gasteiger partial charge in [0, 0.05) is 0 Å². The predicted octanol–water partition coefficient (Wildman–Crippen LogP) is 6.89. The van der Waals surface area contributed by atoms with Crippen LogP contribution in [-0.4, -0.2) is 62.3 Å². The molecule has 0 N–H and O–H groups in total. The molecule has 0 atom stereocenters. The monoisotopic (exact) mass is 372 g/mol. The Morgan fingerprint density at radius 3 is 0.885 bits per heavy atom. The third-order valence-corrected chi connectivity index (χ3v) is 6.66. The van der Waals surface area contributed by atoms with Gasteiger partial charge in [-0.25, -0.2) is 0 Å². The normalized spacial score (nSPS) is 12.0. The van der Waals surface area contributed by atoms with Crippen LogP contribution in [-0.2, 0) is 0 Å². The van der Waals surface area contributed by atoms with Crippen molar-refractivity contribution in [2.24, 2.45) is 0 Å². The zero-order valence-corrected chi connectivity index (χ0v) is 20.2. The van der Waals surface area contributed by atoms with Gasteiger partial charge in [-0.15, -0.1) is 0 Å². The van der Waals surface area contributed by atoms with E-state index in [2.05, 4.69) is 55.6 Å². The number of unbranched alkanes of at least 4 members (excludes halogenated alkanes) is 8. The summed E-state index contributed by atoms with van der Waals surface area (Å²) < 4.78 is 2.51. The molecule has 0 aliphatic rings. The molecule has 0 saturated carbocycles. The number of hydrogen-bond acceptors (Lipinski definition) is 0. The number of rotatable bonds is 16. The van der Waals surface area contributed by atoms with Crippen molar-refractivity contribution in [2.75, 3.05) is 53.4 Å². The lowest BCUT2D eigenvalue weighted by Crippen LogP contribution is -2.44. The van der Waals surface area contributed by atoms with E-state index in [1.165, 1.54) is 112 Å². The summed E-state index contributed by atoms with van der Waals surface area (Å²) in [5.74, 6) is 0. The van der Waals surface area contributed by atoms with Gasteiger partial charge in [-0.05, 0) is 53.4 Å². The number of quaternary nitrogens is 2. The zero-order valence-electron chi connectivity index (χ0n) is 20.2. The van der Waals surface area contributed by atoms with Crippen molar-refractivity contribution < 1.29 is 8.97 Å². The summed E-state index contributed by atoms with van der Waals surface area (Å²) in [4.78, 5) is 0. The lowest BCUT2D eigenvalue weighted by atomic mass is 10.1. The average molecular weight is 373 g/mol. The Balaban J connectivity index is 0. The fourth-order valence-corrected chi connectivity index (χ4v) is 3.27. The van der Waals surface area contributed by atoms with Crippen LogP contribution < -0.4 is 0 Å². The van der Waals surface area contributed by atoms with Crippen molar-refractivity contribution in [2.45, 2.75) is 106 Å². The van der Waals surface area contributed by atoms with Crippen molar-refractivity contribution in [1.82, 2.24) is 0 Å². The Labute approximate surface area is 168 Å². The van der Waals surface area contributed by atoms with E-state index in [1.54, 1.807) is 0 Å². The van der Waals surface area contributed by atoms with E-state index in [1.807, 2.05) is 0 Å². The predicted molar refractivity (Wildman–Crippen MR) is 122 cm³/mol. The maximum atomic E-state index is 2.37. The third kappa shape index (κ3) is 16.1. The molecule has 0 aliphatic heterocycles. The smallest absolute Gasteiger partial charge is 0.0784 e. The number of hydrogen-bond donors (Lipinski definition) is 0. The summed E-state index contributed by atoms with van der Waals surface area (Å²) in [6.07, 6.45) is 14.1. The zero-order chi connectivity index (χ0) is 20.3. The Hall–Kier alpha value is -0.0800. The van der Waals surface area contributed by atoms with Crippen molar-refractivity contribution in [3.63, 3.8) is 0 Å². The van der Waals surface area contributed by atoms with Gasteiger partial charge in [-0.2, -0.15) is 0 Å².